The average molecular weight is 420 g/mol. The highest BCUT2D eigenvalue weighted by molar-refractivity contribution is 5.78. The number of nitrogens with zero attached hydrogens (tertiary/aromatic N) is 2. The SMILES string of the molecule is COc1cc(CNC(=O)CN2CCn3cccc3[C@H]2C)ccc1OCc1ccccc1. The van der Waals surface area contributed by atoms with Gasteiger partial charge < -0.3 is 19.4 Å². The number of amides is 1. The molecule has 0 aliphatic carbocycles. The van der Waals surface area contributed by atoms with Crippen molar-refractivity contribution >= 4 is 5.91 Å². The molecule has 1 aromatic heterocycles. The summed E-state index contributed by atoms with van der Waals surface area (Å²) >= 11 is 0. The average Bonchev–Trinajstić information content (AvgIpc) is 3.29. The van der Waals surface area contributed by atoms with Gasteiger partial charge in [-0.3, -0.25) is 9.69 Å². The number of carbonyl (C=O) groups excluding carboxylic acids is 1. The number of rotatable bonds is 8. The molecule has 4 rings (SSSR count). The molecule has 2 heterocycles. The summed E-state index contributed by atoms with van der Waals surface area (Å²) < 4.78 is 13.7. The number of fused-ring (bicyclic) bond motifs is 1. The molecule has 6 heteroatoms. The Hall–Kier alpha value is -3.25. The van der Waals surface area contributed by atoms with E-state index in [1.165, 1.54) is 5.69 Å². The molecule has 31 heavy (non-hydrogen) atoms. The Labute approximate surface area is 183 Å². The molecule has 0 unspecified atom stereocenters. The van der Waals surface area contributed by atoms with Gasteiger partial charge in [-0.05, 0) is 42.3 Å². The summed E-state index contributed by atoms with van der Waals surface area (Å²) in [4.78, 5) is 14.8. The normalized spacial score (nSPS) is 15.9. The highest BCUT2D eigenvalue weighted by Crippen LogP contribution is 2.29. The van der Waals surface area contributed by atoms with E-state index in [0.29, 0.717) is 31.2 Å². The van der Waals surface area contributed by atoms with E-state index in [2.05, 4.69) is 40.0 Å². The molecule has 0 saturated heterocycles. The Balaban J connectivity index is 1.30. The molecule has 1 N–H and O–H groups in total. The molecule has 162 valence electrons. The lowest BCUT2D eigenvalue weighted by atomic mass is 10.1. The van der Waals surface area contributed by atoms with E-state index < -0.39 is 0 Å². The molecular formula is C25H29N3O3. The first kappa shape index (κ1) is 21.0. The van der Waals surface area contributed by atoms with Crippen LogP contribution in [0.5, 0.6) is 11.5 Å². The molecule has 1 aliphatic rings. The van der Waals surface area contributed by atoms with Crippen molar-refractivity contribution in [2.24, 2.45) is 0 Å². The number of ether oxygens (including phenoxy) is 2. The van der Waals surface area contributed by atoms with Crippen molar-refractivity contribution < 1.29 is 14.3 Å². The Morgan fingerprint density at radius 1 is 1.03 bits per heavy atom. The summed E-state index contributed by atoms with van der Waals surface area (Å²) in [5.41, 5.74) is 3.33. The van der Waals surface area contributed by atoms with E-state index in [9.17, 15) is 4.79 Å². The van der Waals surface area contributed by atoms with Gasteiger partial charge >= 0.3 is 0 Å². The van der Waals surface area contributed by atoms with Crippen molar-refractivity contribution in [2.75, 3.05) is 20.2 Å². The number of benzene rings is 2. The maximum Gasteiger partial charge on any atom is 0.234 e. The van der Waals surface area contributed by atoms with Gasteiger partial charge in [0.05, 0.1) is 13.7 Å². The first-order valence-electron chi connectivity index (χ1n) is 10.6. The van der Waals surface area contributed by atoms with Gasteiger partial charge in [-0.15, -0.1) is 0 Å². The third-order valence-corrected chi connectivity index (χ3v) is 5.77. The molecule has 0 saturated carbocycles. The zero-order valence-electron chi connectivity index (χ0n) is 18.1. The Morgan fingerprint density at radius 3 is 2.68 bits per heavy atom. The third kappa shape index (κ3) is 5.09. The second-order valence-electron chi connectivity index (χ2n) is 7.81. The highest BCUT2D eigenvalue weighted by Gasteiger charge is 2.24. The van der Waals surface area contributed by atoms with Crippen molar-refractivity contribution in [3.05, 3.63) is 83.7 Å². The molecule has 0 spiro atoms. The van der Waals surface area contributed by atoms with Gasteiger partial charge in [0.2, 0.25) is 5.91 Å². The summed E-state index contributed by atoms with van der Waals surface area (Å²) in [5, 5.41) is 3.03. The van der Waals surface area contributed by atoms with Crippen LogP contribution in [0.2, 0.25) is 0 Å². The Morgan fingerprint density at radius 2 is 1.87 bits per heavy atom. The van der Waals surface area contributed by atoms with Crippen molar-refractivity contribution in [3.63, 3.8) is 0 Å². The van der Waals surface area contributed by atoms with Gasteiger partial charge in [0.1, 0.15) is 6.61 Å². The number of methoxy groups -OCH3 is 1. The molecule has 1 aliphatic heterocycles. The van der Waals surface area contributed by atoms with Crippen LogP contribution in [-0.4, -0.2) is 35.6 Å². The van der Waals surface area contributed by atoms with Crippen LogP contribution in [0.4, 0.5) is 0 Å². The van der Waals surface area contributed by atoms with E-state index in [1.807, 2.05) is 48.5 Å². The zero-order chi connectivity index (χ0) is 21.6. The van der Waals surface area contributed by atoms with Crippen LogP contribution in [-0.2, 0) is 24.5 Å². The van der Waals surface area contributed by atoms with E-state index in [1.54, 1.807) is 7.11 Å². The van der Waals surface area contributed by atoms with Crippen LogP contribution in [0.25, 0.3) is 0 Å². The summed E-state index contributed by atoms with van der Waals surface area (Å²) in [5.74, 6) is 1.37. The van der Waals surface area contributed by atoms with E-state index in [0.717, 1.165) is 24.2 Å². The van der Waals surface area contributed by atoms with Crippen LogP contribution in [0.15, 0.2) is 66.9 Å². The lowest BCUT2D eigenvalue weighted by Gasteiger charge is -2.34. The van der Waals surface area contributed by atoms with Crippen LogP contribution >= 0.6 is 0 Å². The molecule has 2 aromatic carbocycles. The maximum atomic E-state index is 12.5. The smallest absolute Gasteiger partial charge is 0.234 e. The maximum absolute atomic E-state index is 12.5. The fourth-order valence-corrected chi connectivity index (χ4v) is 3.96. The van der Waals surface area contributed by atoms with Crippen LogP contribution < -0.4 is 14.8 Å². The van der Waals surface area contributed by atoms with Crippen molar-refractivity contribution in [3.8, 4) is 11.5 Å². The summed E-state index contributed by atoms with van der Waals surface area (Å²) in [6, 6.07) is 20.2. The third-order valence-electron chi connectivity index (χ3n) is 5.77. The monoisotopic (exact) mass is 419 g/mol. The second kappa shape index (κ2) is 9.71. The fourth-order valence-electron chi connectivity index (χ4n) is 3.96. The first-order valence-corrected chi connectivity index (χ1v) is 10.6. The molecule has 3 aromatic rings. The lowest BCUT2D eigenvalue weighted by Crippen LogP contribution is -2.42. The Kier molecular flexibility index (Phi) is 6.57. The van der Waals surface area contributed by atoms with Gasteiger partial charge in [-0.2, -0.15) is 0 Å². The van der Waals surface area contributed by atoms with Crippen molar-refractivity contribution in [2.45, 2.75) is 32.7 Å². The summed E-state index contributed by atoms with van der Waals surface area (Å²) in [6.45, 7) is 5.26. The molecule has 0 fully saturated rings. The predicted molar refractivity (Wildman–Crippen MR) is 120 cm³/mol. The minimum Gasteiger partial charge on any atom is -0.493 e. The zero-order valence-corrected chi connectivity index (χ0v) is 18.1. The van der Waals surface area contributed by atoms with Gasteiger partial charge in [0.25, 0.3) is 0 Å². The minimum absolute atomic E-state index is 0.0234. The predicted octanol–water partition coefficient (Wildman–Crippen LogP) is 3.77. The summed E-state index contributed by atoms with van der Waals surface area (Å²) in [6.07, 6.45) is 2.10. The van der Waals surface area contributed by atoms with E-state index in [4.69, 9.17) is 9.47 Å². The van der Waals surface area contributed by atoms with Crippen LogP contribution in [0.1, 0.15) is 29.8 Å². The van der Waals surface area contributed by atoms with E-state index >= 15 is 0 Å². The van der Waals surface area contributed by atoms with Gasteiger partial charge in [0, 0.05) is 37.6 Å². The molecular weight excluding hydrogens is 390 g/mol. The number of aromatic nitrogens is 1. The minimum atomic E-state index is 0.0234. The lowest BCUT2D eigenvalue weighted by molar-refractivity contribution is -0.123. The second-order valence-corrected chi connectivity index (χ2v) is 7.81. The molecule has 1 atom stereocenters. The van der Waals surface area contributed by atoms with Gasteiger partial charge in [-0.25, -0.2) is 0 Å². The fraction of sp³-hybridized carbons (Fsp3) is 0.320. The number of carbonyl (C=O) groups is 1. The van der Waals surface area contributed by atoms with Crippen LogP contribution in [0, 0.1) is 0 Å². The summed E-state index contributed by atoms with van der Waals surface area (Å²) in [7, 11) is 1.63. The van der Waals surface area contributed by atoms with Crippen LogP contribution in [0.3, 0.4) is 0 Å². The largest absolute Gasteiger partial charge is 0.493 e. The highest BCUT2D eigenvalue weighted by atomic mass is 16.5. The number of hydrogen-bond donors (Lipinski definition) is 1. The molecule has 0 bridgehead atoms. The van der Waals surface area contributed by atoms with Crippen molar-refractivity contribution in [1.29, 1.82) is 0 Å². The number of nitrogens with one attached hydrogen (secondary N) is 1. The van der Waals surface area contributed by atoms with E-state index in [-0.39, 0.29) is 11.9 Å². The molecule has 1 amide bonds. The van der Waals surface area contributed by atoms with Gasteiger partial charge in [-0.1, -0.05) is 36.4 Å². The number of hydrogen-bond acceptors (Lipinski definition) is 4. The standard InChI is InChI=1S/C25H29N3O3/c1-19-22-9-6-12-27(22)13-14-28(19)17-25(29)26-16-21-10-11-23(24(15-21)30-2)31-18-20-7-4-3-5-8-20/h3-12,15,19H,13-14,16-18H2,1-2H3,(H,26,29)/t19-/m1/s1. The topological polar surface area (TPSA) is 55.7 Å². The molecule has 6 nitrogen and oxygen atoms in total. The quantitative estimate of drug-likeness (QED) is 0.604. The first-order chi connectivity index (χ1) is 15.1. The Bertz CT molecular complexity index is 1020. The van der Waals surface area contributed by atoms with Crippen molar-refractivity contribution in [1.82, 2.24) is 14.8 Å². The molecule has 0 radical (unpaired) electrons. The van der Waals surface area contributed by atoms with Gasteiger partial charge in [0.15, 0.2) is 11.5 Å².